The van der Waals surface area contributed by atoms with Crippen LogP contribution in [0, 0.1) is 0 Å². The summed E-state index contributed by atoms with van der Waals surface area (Å²) in [6.45, 7) is 2.16. The maximum absolute atomic E-state index is 4.59. The topological polar surface area (TPSA) is 24.9 Å². The van der Waals surface area contributed by atoms with Gasteiger partial charge in [-0.25, -0.2) is 4.98 Å². The zero-order chi connectivity index (χ0) is 13.2. The molecule has 2 aromatic carbocycles. The molecule has 3 rings (SSSR count). The molecule has 1 heterocycles. The van der Waals surface area contributed by atoms with E-state index in [9.17, 15) is 0 Å². The average Bonchev–Trinajstić information content (AvgIpc) is 2.80. The van der Waals surface area contributed by atoms with Gasteiger partial charge in [0.05, 0.1) is 10.2 Å². The number of aryl methyl sites for hydroxylation is 1. The van der Waals surface area contributed by atoms with Gasteiger partial charge in [0.1, 0.15) is 0 Å². The van der Waals surface area contributed by atoms with Gasteiger partial charge in [-0.3, -0.25) is 0 Å². The molecular formula is C15H13BrN2S. The van der Waals surface area contributed by atoms with E-state index in [0.29, 0.717) is 0 Å². The van der Waals surface area contributed by atoms with Crippen LogP contribution in [-0.2, 0) is 6.42 Å². The van der Waals surface area contributed by atoms with Crippen molar-refractivity contribution < 1.29 is 0 Å². The Hall–Kier alpha value is -1.39. The van der Waals surface area contributed by atoms with Crippen molar-refractivity contribution in [1.29, 1.82) is 0 Å². The zero-order valence-electron chi connectivity index (χ0n) is 10.5. The van der Waals surface area contributed by atoms with Crippen molar-refractivity contribution in [2.75, 3.05) is 5.32 Å². The van der Waals surface area contributed by atoms with Gasteiger partial charge < -0.3 is 5.32 Å². The number of nitrogens with zero attached hydrogens (tertiary/aromatic N) is 1. The number of hydrogen-bond acceptors (Lipinski definition) is 3. The van der Waals surface area contributed by atoms with Gasteiger partial charge in [0.25, 0.3) is 0 Å². The third-order valence-corrected chi connectivity index (χ3v) is 4.36. The molecule has 96 valence electrons. The highest BCUT2D eigenvalue weighted by atomic mass is 79.9. The maximum Gasteiger partial charge on any atom is 0.188 e. The Bertz CT molecular complexity index is 721. The summed E-state index contributed by atoms with van der Waals surface area (Å²) in [5.41, 5.74) is 3.45. The summed E-state index contributed by atoms with van der Waals surface area (Å²) in [5, 5.41) is 4.31. The van der Waals surface area contributed by atoms with Crippen molar-refractivity contribution in [1.82, 2.24) is 4.98 Å². The predicted octanol–water partition coefficient (Wildman–Crippen LogP) is 5.36. The van der Waals surface area contributed by atoms with Crippen LogP contribution in [0.25, 0.3) is 10.2 Å². The van der Waals surface area contributed by atoms with E-state index < -0.39 is 0 Å². The summed E-state index contributed by atoms with van der Waals surface area (Å²) < 4.78 is 2.27. The Labute approximate surface area is 124 Å². The summed E-state index contributed by atoms with van der Waals surface area (Å²) in [5.74, 6) is 0. The second-order valence-corrected chi connectivity index (χ2v) is 6.26. The third-order valence-electron chi connectivity index (χ3n) is 2.94. The van der Waals surface area contributed by atoms with Crippen LogP contribution < -0.4 is 5.32 Å². The largest absolute Gasteiger partial charge is 0.332 e. The van der Waals surface area contributed by atoms with Crippen molar-refractivity contribution in [3.63, 3.8) is 0 Å². The highest BCUT2D eigenvalue weighted by Crippen LogP contribution is 2.30. The van der Waals surface area contributed by atoms with E-state index in [4.69, 9.17) is 0 Å². The first-order valence-corrected chi connectivity index (χ1v) is 7.77. The first-order chi connectivity index (χ1) is 9.24. The quantitative estimate of drug-likeness (QED) is 0.697. The minimum Gasteiger partial charge on any atom is -0.332 e. The lowest BCUT2D eigenvalue weighted by atomic mass is 10.1. The van der Waals surface area contributed by atoms with Gasteiger partial charge in [-0.2, -0.15) is 0 Å². The van der Waals surface area contributed by atoms with Crippen molar-refractivity contribution >= 4 is 48.3 Å². The lowest BCUT2D eigenvalue weighted by Crippen LogP contribution is -1.90. The summed E-state index contributed by atoms with van der Waals surface area (Å²) in [7, 11) is 0. The molecule has 4 heteroatoms. The second-order valence-electron chi connectivity index (χ2n) is 4.31. The minimum absolute atomic E-state index is 0.932. The fraction of sp³-hybridized carbons (Fsp3) is 0.133. The standard InChI is InChI=1S/C15H13BrN2S/c1-2-10-4-3-5-12(8-10)17-15-18-13-7-6-11(16)9-14(13)19-15/h3-9H,2H2,1H3,(H,17,18). The fourth-order valence-electron chi connectivity index (χ4n) is 1.94. The van der Waals surface area contributed by atoms with Crippen LogP contribution in [0.4, 0.5) is 10.8 Å². The third kappa shape index (κ3) is 2.80. The van der Waals surface area contributed by atoms with Crippen molar-refractivity contribution in [3.8, 4) is 0 Å². The molecule has 2 nitrogen and oxygen atoms in total. The van der Waals surface area contributed by atoms with E-state index in [1.165, 1.54) is 10.3 Å². The number of hydrogen-bond donors (Lipinski definition) is 1. The van der Waals surface area contributed by atoms with Gasteiger partial charge in [-0.05, 0) is 42.3 Å². The number of thiazole rings is 1. The van der Waals surface area contributed by atoms with Crippen LogP contribution >= 0.6 is 27.3 Å². The Morgan fingerprint density at radius 1 is 1.21 bits per heavy atom. The maximum atomic E-state index is 4.59. The Kier molecular flexibility index (Phi) is 3.53. The molecule has 0 unspecified atom stereocenters. The molecule has 1 N–H and O–H groups in total. The minimum atomic E-state index is 0.932. The van der Waals surface area contributed by atoms with Crippen LogP contribution in [0.1, 0.15) is 12.5 Å². The fourth-order valence-corrected chi connectivity index (χ4v) is 3.38. The van der Waals surface area contributed by atoms with Gasteiger partial charge in [-0.1, -0.05) is 46.3 Å². The van der Waals surface area contributed by atoms with Crippen molar-refractivity contribution in [2.24, 2.45) is 0 Å². The number of fused-ring (bicyclic) bond motifs is 1. The molecule has 0 aliphatic rings. The normalized spacial score (nSPS) is 10.8. The molecule has 3 aromatic rings. The Morgan fingerprint density at radius 3 is 2.95 bits per heavy atom. The highest BCUT2D eigenvalue weighted by molar-refractivity contribution is 9.10. The molecule has 19 heavy (non-hydrogen) atoms. The lowest BCUT2D eigenvalue weighted by Gasteiger charge is -2.03. The van der Waals surface area contributed by atoms with E-state index in [2.05, 4.69) is 63.5 Å². The Balaban J connectivity index is 1.92. The van der Waals surface area contributed by atoms with Gasteiger partial charge in [-0.15, -0.1) is 0 Å². The van der Waals surface area contributed by atoms with Gasteiger partial charge in [0.15, 0.2) is 5.13 Å². The van der Waals surface area contributed by atoms with Crippen LogP contribution in [0.15, 0.2) is 46.9 Å². The van der Waals surface area contributed by atoms with Gasteiger partial charge in [0, 0.05) is 10.2 Å². The summed E-state index contributed by atoms with van der Waals surface area (Å²) in [4.78, 5) is 4.59. The molecule has 0 saturated heterocycles. The molecular weight excluding hydrogens is 320 g/mol. The number of aromatic nitrogens is 1. The second kappa shape index (κ2) is 5.31. The van der Waals surface area contributed by atoms with E-state index in [0.717, 1.165) is 27.2 Å². The first kappa shape index (κ1) is 12.6. The molecule has 0 amide bonds. The molecule has 0 fully saturated rings. The lowest BCUT2D eigenvalue weighted by molar-refractivity contribution is 1.14. The van der Waals surface area contributed by atoms with E-state index in [1.807, 2.05) is 12.1 Å². The van der Waals surface area contributed by atoms with Gasteiger partial charge >= 0.3 is 0 Å². The zero-order valence-corrected chi connectivity index (χ0v) is 12.9. The molecule has 1 aromatic heterocycles. The molecule has 0 aliphatic heterocycles. The van der Waals surface area contributed by atoms with Crippen LogP contribution in [0.5, 0.6) is 0 Å². The molecule has 0 bridgehead atoms. The summed E-state index contributed by atoms with van der Waals surface area (Å²) >= 11 is 5.15. The monoisotopic (exact) mass is 332 g/mol. The number of rotatable bonds is 3. The van der Waals surface area contributed by atoms with E-state index in [-0.39, 0.29) is 0 Å². The number of nitrogens with one attached hydrogen (secondary N) is 1. The number of benzene rings is 2. The smallest absolute Gasteiger partial charge is 0.188 e. The highest BCUT2D eigenvalue weighted by Gasteiger charge is 2.04. The average molecular weight is 333 g/mol. The molecule has 0 spiro atoms. The first-order valence-electron chi connectivity index (χ1n) is 6.16. The van der Waals surface area contributed by atoms with Crippen LogP contribution in [0.2, 0.25) is 0 Å². The van der Waals surface area contributed by atoms with E-state index >= 15 is 0 Å². The molecule has 0 aliphatic carbocycles. The van der Waals surface area contributed by atoms with E-state index in [1.54, 1.807) is 11.3 Å². The molecule has 0 radical (unpaired) electrons. The summed E-state index contributed by atoms with van der Waals surface area (Å²) in [6, 6.07) is 14.6. The summed E-state index contributed by atoms with van der Waals surface area (Å²) in [6.07, 6.45) is 1.04. The van der Waals surface area contributed by atoms with Crippen molar-refractivity contribution in [3.05, 3.63) is 52.5 Å². The van der Waals surface area contributed by atoms with Crippen LogP contribution in [0.3, 0.4) is 0 Å². The number of anilines is 2. The predicted molar refractivity (Wildman–Crippen MR) is 86.4 cm³/mol. The van der Waals surface area contributed by atoms with Crippen molar-refractivity contribution in [2.45, 2.75) is 13.3 Å². The molecule has 0 saturated carbocycles. The Morgan fingerprint density at radius 2 is 2.11 bits per heavy atom. The SMILES string of the molecule is CCc1cccc(Nc2nc3ccc(Br)cc3s2)c1. The number of halogens is 1. The van der Waals surface area contributed by atoms with Gasteiger partial charge in [0.2, 0.25) is 0 Å². The molecule has 0 atom stereocenters. The van der Waals surface area contributed by atoms with Crippen LogP contribution in [-0.4, -0.2) is 4.98 Å².